The highest BCUT2D eigenvalue weighted by molar-refractivity contribution is 5.92. The molecule has 0 aromatic heterocycles. The molecule has 0 radical (unpaired) electrons. The van der Waals surface area contributed by atoms with Gasteiger partial charge in [0.1, 0.15) is 17.4 Å². The van der Waals surface area contributed by atoms with Gasteiger partial charge in [0, 0.05) is 5.69 Å². The van der Waals surface area contributed by atoms with Crippen LogP contribution in [0.3, 0.4) is 0 Å². The molecule has 5 nitrogen and oxygen atoms in total. The van der Waals surface area contributed by atoms with E-state index in [4.69, 9.17) is 20.3 Å². The minimum atomic E-state index is -1.04. The van der Waals surface area contributed by atoms with E-state index in [1.54, 1.807) is 12.1 Å². The van der Waals surface area contributed by atoms with Gasteiger partial charge in [-0.1, -0.05) is 0 Å². The van der Waals surface area contributed by atoms with Crippen molar-refractivity contribution in [3.05, 3.63) is 23.8 Å². The number of nitrogens with two attached hydrogens (primary N) is 1. The Morgan fingerprint density at radius 2 is 2.27 bits per heavy atom. The first-order valence-electron chi connectivity index (χ1n) is 4.54. The summed E-state index contributed by atoms with van der Waals surface area (Å²) in [5.41, 5.74) is 5.99. The molecule has 0 bridgehead atoms. The van der Waals surface area contributed by atoms with Crippen LogP contribution in [0.25, 0.3) is 0 Å². The minimum Gasteiger partial charge on any atom is -0.485 e. The fraction of sp³-hybridized carbons (Fsp3) is 0.300. The Morgan fingerprint density at radius 3 is 2.80 bits per heavy atom. The van der Waals surface area contributed by atoms with E-state index in [1.165, 1.54) is 6.07 Å². The predicted molar refractivity (Wildman–Crippen MR) is 53.0 cm³/mol. The van der Waals surface area contributed by atoms with E-state index in [9.17, 15) is 4.79 Å². The Balaban J connectivity index is 2.23. The number of ether oxygens (including phenoxy) is 2. The highest BCUT2D eigenvalue weighted by Gasteiger charge is 2.22. The molecule has 1 aromatic rings. The molecular weight excluding hydrogens is 198 g/mol. The quantitative estimate of drug-likeness (QED) is 0.717. The zero-order valence-corrected chi connectivity index (χ0v) is 7.97. The van der Waals surface area contributed by atoms with Crippen LogP contribution in [-0.4, -0.2) is 30.4 Å². The van der Waals surface area contributed by atoms with Crippen molar-refractivity contribution in [1.82, 2.24) is 0 Å². The first kappa shape index (κ1) is 9.79. The molecule has 1 aliphatic rings. The van der Waals surface area contributed by atoms with Gasteiger partial charge in [-0.3, -0.25) is 0 Å². The number of hydrogen-bond donors (Lipinski definition) is 2. The summed E-state index contributed by atoms with van der Waals surface area (Å²) in [5.74, 6) is -0.706. The number of carbonyl (C=O) groups is 1. The molecule has 0 amide bonds. The van der Waals surface area contributed by atoms with Crippen LogP contribution >= 0.6 is 0 Å². The van der Waals surface area contributed by atoms with Gasteiger partial charge in [-0.15, -0.1) is 0 Å². The molecule has 0 unspecified atom stereocenters. The standard InChI is InChI=1S/C10H11NO4/c11-6-1-2-9(8(3-6)10(12)13)15-7-4-14-5-7/h1-3,7H,4-5,11H2,(H,12,13). The Labute approximate surface area is 86.4 Å². The molecular formula is C10H11NO4. The van der Waals surface area contributed by atoms with Crippen molar-refractivity contribution >= 4 is 11.7 Å². The number of benzene rings is 1. The SMILES string of the molecule is Nc1ccc(OC2COC2)c(C(=O)O)c1. The van der Waals surface area contributed by atoms with E-state index in [1.807, 2.05) is 0 Å². The molecule has 1 saturated heterocycles. The molecule has 1 heterocycles. The maximum atomic E-state index is 10.9. The van der Waals surface area contributed by atoms with Gasteiger partial charge in [-0.05, 0) is 18.2 Å². The first-order valence-corrected chi connectivity index (χ1v) is 4.54. The molecule has 2 rings (SSSR count). The van der Waals surface area contributed by atoms with Crippen LogP contribution < -0.4 is 10.5 Å². The maximum Gasteiger partial charge on any atom is 0.339 e. The van der Waals surface area contributed by atoms with E-state index in [0.717, 1.165) is 0 Å². The van der Waals surface area contributed by atoms with E-state index < -0.39 is 5.97 Å². The average Bonchev–Trinajstić information content (AvgIpc) is 2.12. The first-order chi connectivity index (χ1) is 7.16. The normalized spacial score (nSPS) is 15.7. The smallest absolute Gasteiger partial charge is 0.339 e. The third kappa shape index (κ3) is 2.02. The third-order valence-electron chi connectivity index (χ3n) is 2.14. The van der Waals surface area contributed by atoms with Gasteiger partial charge in [0.05, 0.1) is 13.2 Å². The van der Waals surface area contributed by atoms with E-state index in [2.05, 4.69) is 0 Å². The number of rotatable bonds is 3. The molecule has 0 aliphatic carbocycles. The number of carboxylic acids is 1. The van der Waals surface area contributed by atoms with Gasteiger partial charge in [-0.25, -0.2) is 4.79 Å². The largest absolute Gasteiger partial charge is 0.485 e. The summed E-state index contributed by atoms with van der Waals surface area (Å²) in [5, 5.41) is 8.93. The molecule has 15 heavy (non-hydrogen) atoms. The van der Waals surface area contributed by atoms with Crippen LogP contribution in [-0.2, 0) is 4.74 Å². The summed E-state index contributed by atoms with van der Waals surface area (Å²) in [4.78, 5) is 10.9. The highest BCUT2D eigenvalue weighted by atomic mass is 16.6. The maximum absolute atomic E-state index is 10.9. The number of carboxylic acid groups (broad SMARTS) is 1. The Hall–Kier alpha value is -1.75. The van der Waals surface area contributed by atoms with Crippen LogP contribution in [0.1, 0.15) is 10.4 Å². The van der Waals surface area contributed by atoms with Gasteiger partial charge in [0.15, 0.2) is 0 Å². The lowest BCUT2D eigenvalue weighted by Crippen LogP contribution is -2.38. The summed E-state index contributed by atoms with van der Waals surface area (Å²) in [6.45, 7) is 1.01. The van der Waals surface area contributed by atoms with Crippen LogP contribution in [0.5, 0.6) is 5.75 Å². The molecule has 80 valence electrons. The van der Waals surface area contributed by atoms with Crippen molar-refractivity contribution in [1.29, 1.82) is 0 Å². The zero-order valence-electron chi connectivity index (χ0n) is 7.97. The topological polar surface area (TPSA) is 81.8 Å². The van der Waals surface area contributed by atoms with E-state index in [0.29, 0.717) is 24.7 Å². The summed E-state index contributed by atoms with van der Waals surface area (Å²) >= 11 is 0. The second-order valence-corrected chi connectivity index (χ2v) is 3.34. The van der Waals surface area contributed by atoms with Gasteiger partial charge in [0.2, 0.25) is 0 Å². The number of aromatic carboxylic acids is 1. The summed E-state index contributed by atoms with van der Waals surface area (Å²) < 4.78 is 10.4. The van der Waals surface area contributed by atoms with Crippen molar-refractivity contribution in [2.45, 2.75) is 6.10 Å². The van der Waals surface area contributed by atoms with Crippen LogP contribution in [0.4, 0.5) is 5.69 Å². The molecule has 1 aromatic carbocycles. The Bertz CT molecular complexity index is 387. The molecule has 1 fully saturated rings. The molecule has 0 atom stereocenters. The van der Waals surface area contributed by atoms with Crippen molar-refractivity contribution in [2.75, 3.05) is 18.9 Å². The zero-order chi connectivity index (χ0) is 10.8. The van der Waals surface area contributed by atoms with Gasteiger partial charge in [0.25, 0.3) is 0 Å². The summed E-state index contributed by atoms with van der Waals surface area (Å²) in [6, 6.07) is 4.57. The monoisotopic (exact) mass is 209 g/mol. The second kappa shape index (κ2) is 3.78. The lowest BCUT2D eigenvalue weighted by atomic mass is 10.1. The molecule has 0 saturated carbocycles. The van der Waals surface area contributed by atoms with Crippen molar-refractivity contribution in [3.8, 4) is 5.75 Å². The fourth-order valence-electron chi connectivity index (χ4n) is 1.28. The average molecular weight is 209 g/mol. The van der Waals surface area contributed by atoms with Crippen molar-refractivity contribution < 1.29 is 19.4 Å². The summed E-state index contributed by atoms with van der Waals surface area (Å²) in [7, 11) is 0. The predicted octanol–water partition coefficient (Wildman–Crippen LogP) is 0.745. The van der Waals surface area contributed by atoms with Crippen LogP contribution in [0.15, 0.2) is 18.2 Å². The lowest BCUT2D eigenvalue weighted by molar-refractivity contribution is -0.0799. The third-order valence-corrected chi connectivity index (χ3v) is 2.14. The number of anilines is 1. The van der Waals surface area contributed by atoms with Crippen LogP contribution in [0, 0.1) is 0 Å². The van der Waals surface area contributed by atoms with E-state index >= 15 is 0 Å². The lowest BCUT2D eigenvalue weighted by Gasteiger charge is -2.27. The van der Waals surface area contributed by atoms with Crippen molar-refractivity contribution in [3.63, 3.8) is 0 Å². The molecule has 1 aliphatic heterocycles. The molecule has 3 N–H and O–H groups in total. The van der Waals surface area contributed by atoms with Gasteiger partial charge < -0.3 is 20.3 Å². The summed E-state index contributed by atoms with van der Waals surface area (Å²) in [6.07, 6.45) is -0.0493. The minimum absolute atomic E-state index is 0.0493. The molecule has 0 spiro atoms. The fourth-order valence-corrected chi connectivity index (χ4v) is 1.28. The van der Waals surface area contributed by atoms with Gasteiger partial charge in [-0.2, -0.15) is 0 Å². The Morgan fingerprint density at radius 1 is 1.53 bits per heavy atom. The van der Waals surface area contributed by atoms with E-state index in [-0.39, 0.29) is 11.7 Å². The highest BCUT2D eigenvalue weighted by Crippen LogP contribution is 2.24. The molecule has 5 heteroatoms. The van der Waals surface area contributed by atoms with Gasteiger partial charge >= 0.3 is 5.97 Å². The number of hydrogen-bond acceptors (Lipinski definition) is 4. The number of nitrogen functional groups attached to an aromatic ring is 1. The van der Waals surface area contributed by atoms with Crippen molar-refractivity contribution in [2.24, 2.45) is 0 Å². The van der Waals surface area contributed by atoms with Crippen LogP contribution in [0.2, 0.25) is 0 Å². The second-order valence-electron chi connectivity index (χ2n) is 3.34. The Kier molecular flexibility index (Phi) is 2.47.